The molecule has 0 amide bonds. The summed E-state index contributed by atoms with van der Waals surface area (Å²) in [7, 11) is -3.76. The number of hydrogen-bond acceptors (Lipinski definition) is 4. The zero-order chi connectivity index (χ0) is 20.0. The number of cyclic esters (lactones) is 1. The second kappa shape index (κ2) is 6.97. The summed E-state index contributed by atoms with van der Waals surface area (Å²) in [5.74, 6) is -0.263. The fraction of sp³-hybridized carbons (Fsp3) is 0.261. The largest absolute Gasteiger partial charge is 0.460 e. The molecule has 0 aromatic heterocycles. The minimum Gasteiger partial charge on any atom is -0.460 e. The molecule has 5 rings (SSSR count). The van der Waals surface area contributed by atoms with Gasteiger partial charge in [0.2, 0.25) is 10.0 Å². The van der Waals surface area contributed by atoms with Crippen molar-refractivity contribution < 1.29 is 17.9 Å². The van der Waals surface area contributed by atoms with E-state index in [1.165, 1.54) is 4.31 Å². The van der Waals surface area contributed by atoms with Gasteiger partial charge in [-0.3, -0.25) is 4.79 Å². The predicted octanol–water partition coefficient (Wildman–Crippen LogP) is 3.83. The van der Waals surface area contributed by atoms with Crippen LogP contribution in [0.1, 0.15) is 30.0 Å². The smallest absolute Gasteiger partial charge is 0.306 e. The molecule has 1 saturated heterocycles. The van der Waals surface area contributed by atoms with E-state index >= 15 is 0 Å². The number of carbonyl (C=O) groups is 1. The maximum Gasteiger partial charge on any atom is 0.306 e. The molecule has 0 aliphatic carbocycles. The van der Waals surface area contributed by atoms with Crippen molar-refractivity contribution in [3.8, 4) is 0 Å². The van der Waals surface area contributed by atoms with E-state index in [-0.39, 0.29) is 10.9 Å². The van der Waals surface area contributed by atoms with E-state index in [4.69, 9.17) is 4.74 Å². The van der Waals surface area contributed by atoms with Crippen molar-refractivity contribution in [1.82, 2.24) is 4.31 Å². The number of nitrogens with zero attached hydrogens (tertiary/aromatic N) is 1. The van der Waals surface area contributed by atoms with E-state index in [2.05, 4.69) is 0 Å². The highest BCUT2D eigenvalue weighted by atomic mass is 32.2. The predicted molar refractivity (Wildman–Crippen MR) is 110 cm³/mol. The summed E-state index contributed by atoms with van der Waals surface area (Å²) in [5, 5.41) is 1.88. The molecule has 29 heavy (non-hydrogen) atoms. The number of hydrogen-bond donors (Lipinski definition) is 0. The van der Waals surface area contributed by atoms with Crippen LogP contribution < -0.4 is 0 Å². The molecule has 0 bridgehead atoms. The summed E-state index contributed by atoms with van der Waals surface area (Å²) in [6.45, 7) is 0.366. The van der Waals surface area contributed by atoms with Crippen LogP contribution >= 0.6 is 0 Å². The van der Waals surface area contributed by atoms with Crippen LogP contribution in [0.15, 0.2) is 71.6 Å². The standard InChI is InChI=1S/C23H21NO4S/c25-22-12-11-21(28-22)23-20-8-4-3-6-17(20)13-14-24(23)29(26,27)19-10-9-16-5-1-2-7-18(16)15-19/h1-10,15,21,23H,11-14H2/t21-,23-/m1/s1. The van der Waals surface area contributed by atoms with Gasteiger partial charge in [-0.1, -0.05) is 54.6 Å². The van der Waals surface area contributed by atoms with Gasteiger partial charge in [-0.2, -0.15) is 4.31 Å². The molecule has 2 aliphatic rings. The van der Waals surface area contributed by atoms with Gasteiger partial charge in [0.15, 0.2) is 0 Å². The lowest BCUT2D eigenvalue weighted by Gasteiger charge is -2.38. The molecule has 2 atom stereocenters. The highest BCUT2D eigenvalue weighted by molar-refractivity contribution is 7.89. The van der Waals surface area contributed by atoms with Crippen LogP contribution in [0.4, 0.5) is 0 Å². The molecule has 148 valence electrons. The van der Waals surface area contributed by atoms with Gasteiger partial charge in [0.25, 0.3) is 0 Å². The summed E-state index contributed by atoms with van der Waals surface area (Å²) in [6.07, 6.45) is 1.04. The monoisotopic (exact) mass is 407 g/mol. The summed E-state index contributed by atoms with van der Waals surface area (Å²) < 4.78 is 34.4. The highest BCUT2D eigenvalue weighted by Crippen LogP contribution is 2.40. The van der Waals surface area contributed by atoms with Crippen LogP contribution in [-0.4, -0.2) is 31.3 Å². The van der Waals surface area contributed by atoms with Crippen LogP contribution in [-0.2, 0) is 26.0 Å². The lowest BCUT2D eigenvalue weighted by Crippen LogP contribution is -2.45. The molecule has 0 saturated carbocycles. The van der Waals surface area contributed by atoms with Crippen molar-refractivity contribution in [1.29, 1.82) is 0 Å². The van der Waals surface area contributed by atoms with Crippen LogP contribution in [0, 0.1) is 0 Å². The Hall–Kier alpha value is -2.70. The molecular weight excluding hydrogens is 386 g/mol. The SMILES string of the molecule is O=C1CC[C@H]([C@H]2c3ccccc3CCN2S(=O)(=O)c2ccc3ccccc3c2)O1. The first-order valence-electron chi connectivity index (χ1n) is 9.82. The number of sulfonamides is 1. The number of rotatable bonds is 3. The first-order chi connectivity index (χ1) is 14.0. The number of benzene rings is 3. The van der Waals surface area contributed by atoms with E-state index in [0.717, 1.165) is 21.9 Å². The lowest BCUT2D eigenvalue weighted by atomic mass is 9.90. The fourth-order valence-electron chi connectivity index (χ4n) is 4.46. The summed E-state index contributed by atoms with van der Waals surface area (Å²) in [6, 6.07) is 20.3. The van der Waals surface area contributed by atoms with Crippen molar-refractivity contribution >= 4 is 26.8 Å². The topological polar surface area (TPSA) is 63.7 Å². The highest BCUT2D eigenvalue weighted by Gasteiger charge is 2.44. The first-order valence-corrected chi connectivity index (χ1v) is 11.3. The molecule has 0 N–H and O–H groups in total. The second-order valence-electron chi connectivity index (χ2n) is 7.59. The van der Waals surface area contributed by atoms with Gasteiger partial charge in [0, 0.05) is 13.0 Å². The Labute approximate surface area is 170 Å². The van der Waals surface area contributed by atoms with E-state index in [1.54, 1.807) is 12.1 Å². The van der Waals surface area contributed by atoms with E-state index in [9.17, 15) is 13.2 Å². The summed E-state index contributed by atoms with van der Waals surface area (Å²) >= 11 is 0. The molecule has 0 radical (unpaired) electrons. The van der Waals surface area contributed by atoms with Crippen molar-refractivity contribution in [2.45, 2.75) is 36.3 Å². The van der Waals surface area contributed by atoms with Gasteiger partial charge in [0.05, 0.1) is 10.9 Å². The van der Waals surface area contributed by atoms with E-state index in [1.807, 2.05) is 54.6 Å². The number of fused-ring (bicyclic) bond motifs is 2. The summed E-state index contributed by atoms with van der Waals surface area (Å²) in [5.41, 5.74) is 2.05. The van der Waals surface area contributed by atoms with E-state index < -0.39 is 22.2 Å². The fourth-order valence-corrected chi connectivity index (χ4v) is 6.13. The third kappa shape index (κ3) is 3.12. The van der Waals surface area contributed by atoms with Crippen LogP contribution in [0.5, 0.6) is 0 Å². The third-order valence-corrected chi connectivity index (χ3v) is 7.76. The van der Waals surface area contributed by atoms with Gasteiger partial charge in [-0.05, 0) is 46.9 Å². The molecule has 5 nitrogen and oxygen atoms in total. The van der Waals surface area contributed by atoms with Crippen molar-refractivity contribution in [2.75, 3.05) is 6.54 Å². The minimum absolute atomic E-state index is 0.263. The Morgan fingerprint density at radius 3 is 2.45 bits per heavy atom. The molecule has 2 heterocycles. The van der Waals surface area contributed by atoms with Gasteiger partial charge in [-0.15, -0.1) is 0 Å². The van der Waals surface area contributed by atoms with Crippen molar-refractivity contribution in [3.05, 3.63) is 77.9 Å². The normalized spacial score (nSPS) is 22.4. The average molecular weight is 407 g/mol. The van der Waals surface area contributed by atoms with Crippen LogP contribution in [0.2, 0.25) is 0 Å². The number of carbonyl (C=O) groups excluding carboxylic acids is 1. The zero-order valence-corrected chi connectivity index (χ0v) is 16.6. The molecule has 3 aromatic carbocycles. The van der Waals surface area contributed by atoms with Crippen LogP contribution in [0.25, 0.3) is 10.8 Å². The van der Waals surface area contributed by atoms with E-state index in [0.29, 0.717) is 25.8 Å². The minimum atomic E-state index is -3.76. The quantitative estimate of drug-likeness (QED) is 0.619. The average Bonchev–Trinajstić information content (AvgIpc) is 3.18. The lowest BCUT2D eigenvalue weighted by molar-refractivity contribution is -0.143. The van der Waals surface area contributed by atoms with Gasteiger partial charge in [0.1, 0.15) is 6.10 Å². The Bertz CT molecular complexity index is 1200. The maximum absolute atomic E-state index is 13.7. The van der Waals surface area contributed by atoms with Crippen LogP contribution in [0.3, 0.4) is 0 Å². The van der Waals surface area contributed by atoms with Crippen molar-refractivity contribution in [3.63, 3.8) is 0 Å². The molecule has 1 fully saturated rings. The Morgan fingerprint density at radius 1 is 0.897 bits per heavy atom. The molecule has 3 aromatic rings. The molecule has 0 spiro atoms. The Balaban J connectivity index is 1.61. The molecule has 6 heteroatoms. The van der Waals surface area contributed by atoms with Crippen molar-refractivity contribution in [2.24, 2.45) is 0 Å². The van der Waals surface area contributed by atoms with Gasteiger partial charge >= 0.3 is 5.97 Å². The van der Waals surface area contributed by atoms with Gasteiger partial charge < -0.3 is 4.74 Å². The second-order valence-corrected chi connectivity index (χ2v) is 9.48. The first kappa shape index (κ1) is 18.3. The number of esters is 1. The molecular formula is C23H21NO4S. The zero-order valence-electron chi connectivity index (χ0n) is 15.8. The number of ether oxygens (including phenoxy) is 1. The summed E-state index contributed by atoms with van der Waals surface area (Å²) in [4.78, 5) is 12.1. The maximum atomic E-state index is 13.7. The molecule has 2 aliphatic heterocycles. The molecule has 0 unspecified atom stereocenters. The Kier molecular flexibility index (Phi) is 4.41. The Morgan fingerprint density at radius 2 is 1.66 bits per heavy atom. The van der Waals surface area contributed by atoms with Gasteiger partial charge in [-0.25, -0.2) is 8.42 Å². The third-order valence-electron chi connectivity index (χ3n) is 5.88.